The van der Waals surface area contributed by atoms with E-state index < -0.39 is 0 Å². The highest BCUT2D eigenvalue weighted by Crippen LogP contribution is 2.18. The van der Waals surface area contributed by atoms with Crippen LogP contribution in [0.5, 0.6) is 0 Å². The molecule has 0 aromatic heterocycles. The van der Waals surface area contributed by atoms with E-state index in [1.54, 1.807) is 4.90 Å². The van der Waals surface area contributed by atoms with Crippen LogP contribution in [0.15, 0.2) is 28.7 Å². The molecule has 1 aliphatic rings. The molecule has 0 saturated carbocycles. The molecule has 2 rings (SSSR count). The molecule has 0 aliphatic carbocycles. The Balaban J connectivity index is 2.12. The Labute approximate surface area is 102 Å². The third-order valence-electron chi connectivity index (χ3n) is 2.44. The van der Waals surface area contributed by atoms with E-state index in [0.717, 1.165) is 10.0 Å². The molecule has 1 aromatic rings. The van der Waals surface area contributed by atoms with E-state index in [0.29, 0.717) is 6.54 Å². The second-order valence-corrected chi connectivity index (χ2v) is 4.47. The van der Waals surface area contributed by atoms with E-state index in [1.807, 2.05) is 24.3 Å². The van der Waals surface area contributed by atoms with E-state index in [2.05, 4.69) is 21.2 Å². The Morgan fingerprint density at radius 2 is 2.06 bits per heavy atom. The summed E-state index contributed by atoms with van der Waals surface area (Å²) in [5.41, 5.74) is 1.01. The number of halogens is 1. The van der Waals surface area contributed by atoms with Gasteiger partial charge in [-0.25, -0.2) is 0 Å². The van der Waals surface area contributed by atoms with Gasteiger partial charge in [0.05, 0.1) is 13.1 Å². The van der Waals surface area contributed by atoms with E-state index in [4.69, 9.17) is 0 Å². The molecule has 16 heavy (non-hydrogen) atoms. The number of rotatable bonds is 2. The van der Waals surface area contributed by atoms with E-state index in [9.17, 15) is 9.59 Å². The van der Waals surface area contributed by atoms with Crippen LogP contribution < -0.4 is 5.32 Å². The number of carbonyl (C=O) groups excluding carboxylic acids is 2. The molecule has 0 bridgehead atoms. The lowest BCUT2D eigenvalue weighted by atomic mass is 10.2. The van der Waals surface area contributed by atoms with Crippen LogP contribution in [-0.2, 0) is 16.1 Å². The summed E-state index contributed by atoms with van der Waals surface area (Å²) in [6, 6.07) is 7.68. The highest BCUT2D eigenvalue weighted by atomic mass is 79.9. The topological polar surface area (TPSA) is 49.4 Å². The maximum atomic E-state index is 11.6. The van der Waals surface area contributed by atoms with Crippen LogP contribution in [0.4, 0.5) is 0 Å². The van der Waals surface area contributed by atoms with Gasteiger partial charge in [-0.2, -0.15) is 0 Å². The van der Waals surface area contributed by atoms with Crippen LogP contribution in [0.25, 0.3) is 0 Å². The van der Waals surface area contributed by atoms with Gasteiger partial charge in [-0.3, -0.25) is 9.59 Å². The molecule has 1 saturated heterocycles. The predicted molar refractivity (Wildman–Crippen MR) is 62.6 cm³/mol. The molecule has 1 fully saturated rings. The summed E-state index contributed by atoms with van der Waals surface area (Å²) < 4.78 is 0.953. The van der Waals surface area contributed by atoms with Gasteiger partial charge in [0.1, 0.15) is 0 Å². The van der Waals surface area contributed by atoms with Crippen molar-refractivity contribution >= 4 is 27.7 Å². The maximum Gasteiger partial charge on any atom is 0.242 e. The van der Waals surface area contributed by atoms with E-state index in [-0.39, 0.29) is 24.9 Å². The molecule has 84 valence electrons. The molecule has 1 N–H and O–H groups in total. The maximum absolute atomic E-state index is 11.6. The predicted octanol–water partition coefficient (Wildman–Crippen LogP) is 0.908. The van der Waals surface area contributed by atoms with Crippen molar-refractivity contribution in [2.45, 2.75) is 6.54 Å². The molecular formula is C11H11BrN2O2. The molecule has 2 amide bonds. The van der Waals surface area contributed by atoms with Gasteiger partial charge in [0.2, 0.25) is 11.8 Å². The highest BCUT2D eigenvalue weighted by molar-refractivity contribution is 9.10. The van der Waals surface area contributed by atoms with E-state index in [1.165, 1.54) is 0 Å². The second kappa shape index (κ2) is 4.65. The lowest BCUT2D eigenvalue weighted by Gasteiger charge is -2.26. The van der Waals surface area contributed by atoms with Crippen molar-refractivity contribution in [3.8, 4) is 0 Å². The van der Waals surface area contributed by atoms with Gasteiger partial charge in [-0.15, -0.1) is 0 Å². The standard InChI is InChI=1S/C11H11BrN2O2/c12-9-4-2-1-3-8(9)6-14-7-10(15)13-5-11(14)16/h1-4H,5-7H2,(H,13,15). The molecule has 5 heteroatoms. The quantitative estimate of drug-likeness (QED) is 0.877. The van der Waals surface area contributed by atoms with Crippen molar-refractivity contribution in [2.75, 3.05) is 13.1 Å². The Morgan fingerprint density at radius 3 is 2.81 bits per heavy atom. The molecule has 0 spiro atoms. The highest BCUT2D eigenvalue weighted by Gasteiger charge is 2.23. The number of hydrogen-bond donors (Lipinski definition) is 1. The van der Waals surface area contributed by atoms with Crippen molar-refractivity contribution in [1.29, 1.82) is 0 Å². The first kappa shape index (κ1) is 11.1. The zero-order valence-corrected chi connectivity index (χ0v) is 10.2. The van der Waals surface area contributed by atoms with Gasteiger partial charge >= 0.3 is 0 Å². The Bertz CT molecular complexity index is 434. The second-order valence-electron chi connectivity index (χ2n) is 3.62. The summed E-state index contributed by atoms with van der Waals surface area (Å²) >= 11 is 3.42. The van der Waals surface area contributed by atoms with Crippen molar-refractivity contribution in [3.63, 3.8) is 0 Å². The van der Waals surface area contributed by atoms with Crippen molar-refractivity contribution in [1.82, 2.24) is 10.2 Å². The summed E-state index contributed by atoms with van der Waals surface area (Å²) in [7, 11) is 0. The number of hydrogen-bond acceptors (Lipinski definition) is 2. The fourth-order valence-electron chi connectivity index (χ4n) is 1.58. The average molecular weight is 283 g/mol. The number of benzene rings is 1. The molecule has 1 aliphatic heterocycles. The molecule has 1 heterocycles. The van der Waals surface area contributed by atoms with Crippen LogP contribution >= 0.6 is 15.9 Å². The van der Waals surface area contributed by atoms with Gasteiger partial charge in [0.25, 0.3) is 0 Å². The van der Waals surface area contributed by atoms with Crippen molar-refractivity contribution < 1.29 is 9.59 Å². The van der Waals surface area contributed by atoms with Gasteiger partial charge in [0.15, 0.2) is 0 Å². The zero-order chi connectivity index (χ0) is 11.5. The van der Waals surface area contributed by atoms with Crippen LogP contribution in [0.3, 0.4) is 0 Å². The molecule has 0 unspecified atom stereocenters. The average Bonchev–Trinajstić information content (AvgIpc) is 2.27. The minimum atomic E-state index is -0.105. The molecular weight excluding hydrogens is 272 g/mol. The minimum Gasteiger partial charge on any atom is -0.345 e. The molecule has 0 radical (unpaired) electrons. The fourth-order valence-corrected chi connectivity index (χ4v) is 1.99. The van der Waals surface area contributed by atoms with Gasteiger partial charge in [-0.05, 0) is 11.6 Å². The van der Waals surface area contributed by atoms with Crippen molar-refractivity contribution in [2.24, 2.45) is 0 Å². The van der Waals surface area contributed by atoms with Gasteiger partial charge < -0.3 is 10.2 Å². The van der Waals surface area contributed by atoms with Crippen LogP contribution in [-0.4, -0.2) is 29.8 Å². The summed E-state index contributed by atoms with van der Waals surface area (Å²) in [5.74, 6) is -0.151. The first-order valence-electron chi connectivity index (χ1n) is 4.94. The number of nitrogens with one attached hydrogen (secondary N) is 1. The van der Waals surface area contributed by atoms with Crippen LogP contribution in [0.1, 0.15) is 5.56 Å². The number of piperazine rings is 1. The third-order valence-corrected chi connectivity index (χ3v) is 3.22. The largest absolute Gasteiger partial charge is 0.345 e. The van der Waals surface area contributed by atoms with Gasteiger partial charge in [0, 0.05) is 11.0 Å². The molecule has 0 atom stereocenters. The normalized spacial score (nSPS) is 16.2. The summed E-state index contributed by atoms with van der Waals surface area (Å²) in [6.45, 7) is 0.705. The minimum absolute atomic E-state index is 0.0460. The summed E-state index contributed by atoms with van der Waals surface area (Å²) in [5, 5.41) is 2.52. The fraction of sp³-hybridized carbons (Fsp3) is 0.273. The lowest BCUT2D eigenvalue weighted by Crippen LogP contribution is -2.51. The van der Waals surface area contributed by atoms with Crippen LogP contribution in [0, 0.1) is 0 Å². The van der Waals surface area contributed by atoms with Gasteiger partial charge in [-0.1, -0.05) is 34.1 Å². The summed E-state index contributed by atoms with van der Waals surface area (Å²) in [6.07, 6.45) is 0. The number of amides is 2. The Morgan fingerprint density at radius 1 is 1.31 bits per heavy atom. The van der Waals surface area contributed by atoms with Crippen LogP contribution in [0.2, 0.25) is 0 Å². The first-order chi connectivity index (χ1) is 7.66. The van der Waals surface area contributed by atoms with Crippen molar-refractivity contribution in [3.05, 3.63) is 34.3 Å². The Kier molecular flexibility index (Phi) is 3.24. The first-order valence-corrected chi connectivity index (χ1v) is 5.74. The summed E-state index contributed by atoms with van der Waals surface area (Å²) in [4.78, 5) is 24.3. The monoisotopic (exact) mass is 282 g/mol. The SMILES string of the molecule is O=C1CN(Cc2ccccc2Br)C(=O)CN1. The number of nitrogens with zero attached hydrogens (tertiary/aromatic N) is 1. The number of carbonyl (C=O) groups is 2. The molecule has 1 aromatic carbocycles. The third kappa shape index (κ3) is 2.41. The Hall–Kier alpha value is -1.36. The zero-order valence-electron chi connectivity index (χ0n) is 8.57. The lowest BCUT2D eigenvalue weighted by molar-refractivity contribution is -0.141. The molecule has 4 nitrogen and oxygen atoms in total. The van der Waals surface area contributed by atoms with E-state index >= 15 is 0 Å². The smallest absolute Gasteiger partial charge is 0.242 e.